The Morgan fingerprint density at radius 2 is 2.11 bits per heavy atom. The van der Waals surface area contributed by atoms with E-state index in [0.717, 1.165) is 11.6 Å². The van der Waals surface area contributed by atoms with Crippen LogP contribution in [0.25, 0.3) is 0 Å². The van der Waals surface area contributed by atoms with Gasteiger partial charge in [0, 0.05) is 29.2 Å². The molecule has 4 nitrogen and oxygen atoms in total. The molecule has 0 bridgehead atoms. The van der Waals surface area contributed by atoms with Crippen molar-refractivity contribution >= 4 is 23.8 Å². The van der Waals surface area contributed by atoms with Gasteiger partial charge in [0.2, 0.25) is 0 Å². The number of nitrogens with one attached hydrogen (secondary N) is 1. The van der Waals surface area contributed by atoms with Crippen molar-refractivity contribution < 1.29 is 13.5 Å². The first-order valence-electron chi connectivity index (χ1n) is 8.46. The van der Waals surface area contributed by atoms with E-state index in [0.29, 0.717) is 22.8 Å². The largest absolute Gasteiger partial charge is 0.368 e. The molecular formula is C19H16ClF2N3OS. The van der Waals surface area contributed by atoms with Crippen LogP contribution in [0.1, 0.15) is 23.5 Å². The zero-order valence-electron chi connectivity index (χ0n) is 14.2. The third kappa shape index (κ3) is 3.20. The summed E-state index contributed by atoms with van der Waals surface area (Å²) >= 11 is 11.7. The molecule has 4 rings (SSSR count). The van der Waals surface area contributed by atoms with E-state index in [1.165, 1.54) is 18.5 Å². The average molecular weight is 408 g/mol. The van der Waals surface area contributed by atoms with Crippen molar-refractivity contribution in [3.05, 3.63) is 81.3 Å². The highest BCUT2D eigenvalue weighted by Gasteiger charge is 2.49. The average Bonchev–Trinajstić information content (AvgIpc) is 3.23. The maximum atomic E-state index is 14.8. The van der Waals surface area contributed by atoms with Crippen LogP contribution in [0.2, 0.25) is 5.02 Å². The van der Waals surface area contributed by atoms with Gasteiger partial charge in [-0.1, -0.05) is 35.9 Å². The molecule has 1 aliphatic heterocycles. The third-order valence-electron chi connectivity index (χ3n) is 5.00. The van der Waals surface area contributed by atoms with E-state index in [9.17, 15) is 8.78 Å². The summed E-state index contributed by atoms with van der Waals surface area (Å²) in [4.78, 5) is 2.83. The number of H-pyrrole nitrogens is 1. The summed E-state index contributed by atoms with van der Waals surface area (Å²) in [6.45, 7) is 0.582. The van der Waals surface area contributed by atoms with Gasteiger partial charge in [-0.25, -0.2) is 13.5 Å². The van der Waals surface area contributed by atoms with Gasteiger partial charge in [-0.2, -0.15) is 5.10 Å². The molecule has 1 aliphatic rings. The number of halogens is 3. The predicted octanol–water partition coefficient (Wildman–Crippen LogP) is 4.97. The van der Waals surface area contributed by atoms with E-state index in [4.69, 9.17) is 28.6 Å². The topological polar surface area (TPSA) is 42.8 Å². The molecular weight excluding hydrogens is 392 g/mol. The number of nitrogens with zero attached hydrogens (tertiary/aromatic N) is 2. The van der Waals surface area contributed by atoms with E-state index < -0.39 is 17.2 Å². The van der Waals surface area contributed by atoms with Crippen molar-refractivity contribution in [2.45, 2.75) is 24.5 Å². The molecule has 0 unspecified atom stereocenters. The third-order valence-corrected chi connectivity index (χ3v) is 5.67. The minimum Gasteiger partial charge on any atom is -0.368 e. The second-order valence-electron chi connectivity index (χ2n) is 6.48. The highest BCUT2D eigenvalue weighted by atomic mass is 35.5. The van der Waals surface area contributed by atoms with E-state index in [-0.39, 0.29) is 18.0 Å². The lowest BCUT2D eigenvalue weighted by Gasteiger charge is -2.35. The Morgan fingerprint density at radius 1 is 1.30 bits per heavy atom. The molecule has 0 radical (unpaired) electrons. The lowest BCUT2D eigenvalue weighted by molar-refractivity contribution is -0.0302. The first-order chi connectivity index (χ1) is 13.0. The minimum atomic E-state index is -1.11. The number of rotatable bonds is 4. The molecule has 1 fully saturated rings. The molecule has 0 amide bonds. The molecule has 3 aromatic rings. The lowest BCUT2D eigenvalue weighted by atomic mass is 9.77. The summed E-state index contributed by atoms with van der Waals surface area (Å²) in [7, 11) is 0. The summed E-state index contributed by atoms with van der Waals surface area (Å²) in [5.41, 5.74) is -0.00501. The fourth-order valence-corrected chi connectivity index (χ4v) is 4.24. The Hall–Kier alpha value is -2.09. The first-order valence-corrected chi connectivity index (χ1v) is 9.24. The zero-order chi connectivity index (χ0) is 19.0. The maximum Gasteiger partial charge on any atom is 0.195 e. The first kappa shape index (κ1) is 18.3. The number of hydrogen-bond acceptors (Lipinski definition) is 3. The fraction of sp³-hybridized carbons (Fsp3) is 0.263. The molecule has 27 heavy (non-hydrogen) atoms. The van der Waals surface area contributed by atoms with Gasteiger partial charge in [-0.05, 0) is 36.3 Å². The molecule has 1 N–H and O–H groups in total. The van der Waals surface area contributed by atoms with E-state index in [1.807, 2.05) is 18.2 Å². The fourth-order valence-electron chi connectivity index (χ4n) is 3.81. The van der Waals surface area contributed by atoms with Crippen LogP contribution in [0.15, 0.2) is 48.8 Å². The van der Waals surface area contributed by atoms with Gasteiger partial charge >= 0.3 is 0 Å². The molecule has 0 saturated carbocycles. The van der Waals surface area contributed by atoms with Crippen LogP contribution in [0.3, 0.4) is 0 Å². The van der Waals surface area contributed by atoms with Crippen LogP contribution >= 0.6 is 23.8 Å². The summed E-state index contributed by atoms with van der Waals surface area (Å²) < 4.78 is 36.5. The van der Waals surface area contributed by atoms with Gasteiger partial charge in [0.15, 0.2) is 4.77 Å². The monoisotopic (exact) mass is 407 g/mol. The number of aromatic amines is 1. The Bertz CT molecular complexity index is 1040. The molecule has 140 valence electrons. The van der Waals surface area contributed by atoms with E-state index in [2.05, 4.69) is 10.1 Å². The summed E-state index contributed by atoms with van der Waals surface area (Å²) in [5, 5.41) is 4.77. The predicted molar refractivity (Wildman–Crippen MR) is 100 cm³/mol. The van der Waals surface area contributed by atoms with Crippen molar-refractivity contribution in [2.75, 3.05) is 6.61 Å². The minimum absolute atomic E-state index is 0.174. The Morgan fingerprint density at radius 3 is 2.81 bits per heavy atom. The van der Waals surface area contributed by atoms with Crippen LogP contribution in [-0.4, -0.2) is 21.4 Å². The van der Waals surface area contributed by atoms with Crippen LogP contribution in [0.4, 0.5) is 8.78 Å². The van der Waals surface area contributed by atoms with Gasteiger partial charge in [0.05, 0.1) is 6.54 Å². The molecule has 2 heterocycles. The van der Waals surface area contributed by atoms with Gasteiger partial charge in [-0.15, -0.1) is 0 Å². The van der Waals surface area contributed by atoms with Crippen LogP contribution in [0.5, 0.6) is 0 Å². The highest BCUT2D eigenvalue weighted by Crippen LogP contribution is 2.50. The molecule has 1 saturated heterocycles. The van der Waals surface area contributed by atoms with Crippen LogP contribution in [0, 0.1) is 16.4 Å². The van der Waals surface area contributed by atoms with E-state index in [1.54, 1.807) is 10.7 Å². The molecule has 8 heteroatoms. The Labute approximate surface area is 164 Å². The number of hydrogen-bond donors (Lipinski definition) is 1. The second kappa shape index (κ2) is 7.14. The Kier molecular flexibility index (Phi) is 4.84. The van der Waals surface area contributed by atoms with E-state index >= 15 is 0 Å². The highest BCUT2D eigenvalue weighted by molar-refractivity contribution is 7.71. The van der Waals surface area contributed by atoms with Crippen molar-refractivity contribution in [1.29, 1.82) is 0 Å². The van der Waals surface area contributed by atoms with Crippen LogP contribution < -0.4 is 0 Å². The van der Waals surface area contributed by atoms with Crippen LogP contribution in [-0.2, 0) is 16.9 Å². The van der Waals surface area contributed by atoms with Crippen molar-refractivity contribution in [3.63, 3.8) is 0 Å². The zero-order valence-corrected chi connectivity index (χ0v) is 15.7. The van der Waals surface area contributed by atoms with Gasteiger partial charge in [0.1, 0.15) is 23.6 Å². The second-order valence-corrected chi connectivity index (χ2v) is 7.27. The summed E-state index contributed by atoms with van der Waals surface area (Å²) in [6, 6.07) is 10.9. The number of benzene rings is 2. The molecule has 2 aromatic carbocycles. The van der Waals surface area contributed by atoms with Gasteiger partial charge in [-0.3, -0.25) is 0 Å². The van der Waals surface area contributed by atoms with Crippen molar-refractivity contribution in [2.24, 2.45) is 0 Å². The maximum absolute atomic E-state index is 14.8. The number of ether oxygens (including phenoxy) is 1. The van der Waals surface area contributed by atoms with Crippen molar-refractivity contribution in [3.8, 4) is 0 Å². The standard InChI is InChI=1S/C19H16ClF2N3OS/c20-16-4-2-1-3-13(16)14-7-8-26-19(14,10-25-18(27)23-11-24-25)15-6-5-12(21)9-17(15)22/h1-6,9,11,14H,7-8,10H2,(H,23,24,27)/t14-,19-/m1/s1. The molecule has 2 atom stereocenters. The van der Waals surface area contributed by atoms with Crippen molar-refractivity contribution in [1.82, 2.24) is 14.8 Å². The smallest absolute Gasteiger partial charge is 0.195 e. The SMILES string of the molecule is Fc1ccc([C@]2(Cn3nc[nH]c3=S)OCC[C@@H]2c2ccccc2Cl)c(F)c1. The lowest BCUT2D eigenvalue weighted by Crippen LogP contribution is -2.37. The van der Waals surface area contributed by atoms with Gasteiger partial charge in [0.25, 0.3) is 0 Å². The molecule has 1 aromatic heterocycles. The van der Waals surface area contributed by atoms with Gasteiger partial charge < -0.3 is 9.72 Å². The molecule has 0 spiro atoms. The normalized spacial score (nSPS) is 22.3. The summed E-state index contributed by atoms with van der Waals surface area (Å²) in [5.74, 6) is -1.56. The summed E-state index contributed by atoms with van der Waals surface area (Å²) in [6.07, 6.45) is 2.11. The quantitative estimate of drug-likeness (QED) is 0.621. The Balaban J connectivity index is 1.91. The number of aromatic nitrogens is 3. The molecule has 0 aliphatic carbocycles.